The molecule has 5 heteroatoms. The van der Waals surface area contributed by atoms with Gasteiger partial charge in [-0.25, -0.2) is 0 Å². The summed E-state index contributed by atoms with van der Waals surface area (Å²) >= 11 is 12.1. The number of aromatic amines is 1. The predicted molar refractivity (Wildman–Crippen MR) is 89.8 cm³/mol. The van der Waals surface area contributed by atoms with Crippen molar-refractivity contribution in [2.24, 2.45) is 0 Å². The number of ether oxygens (including phenoxy) is 1. The molecular weight excluding hydrogens is 319 g/mol. The number of benzene rings is 2. The molecule has 3 aromatic rings. The van der Waals surface area contributed by atoms with E-state index >= 15 is 0 Å². The number of H-pyrrole nitrogens is 1. The molecule has 3 rings (SSSR count). The zero-order chi connectivity index (χ0) is 15.5. The van der Waals surface area contributed by atoms with Crippen molar-refractivity contribution in [3.63, 3.8) is 0 Å². The van der Waals surface area contributed by atoms with Crippen LogP contribution in [0.4, 0.5) is 0 Å². The van der Waals surface area contributed by atoms with E-state index in [9.17, 15) is 0 Å². The van der Waals surface area contributed by atoms with Crippen LogP contribution in [0.25, 0.3) is 11.1 Å². The lowest BCUT2D eigenvalue weighted by atomic mass is 10.00. The summed E-state index contributed by atoms with van der Waals surface area (Å²) in [4.78, 5) is 0. The van der Waals surface area contributed by atoms with Gasteiger partial charge in [-0.3, -0.25) is 5.10 Å². The van der Waals surface area contributed by atoms with Gasteiger partial charge in [-0.05, 0) is 41.5 Å². The third-order valence-electron chi connectivity index (χ3n) is 3.45. The highest BCUT2D eigenvalue weighted by Gasteiger charge is 2.10. The van der Waals surface area contributed by atoms with Gasteiger partial charge < -0.3 is 4.74 Å². The van der Waals surface area contributed by atoms with Crippen LogP contribution in [0.1, 0.15) is 11.3 Å². The Morgan fingerprint density at radius 2 is 1.91 bits per heavy atom. The van der Waals surface area contributed by atoms with E-state index in [1.54, 1.807) is 19.4 Å². The average Bonchev–Trinajstić information content (AvgIpc) is 3.03. The SMILES string of the molecule is COc1ccc(Cc2ccn[nH]2)cc1-c1ccc(Cl)c(Cl)c1. The maximum absolute atomic E-state index is 6.13. The lowest BCUT2D eigenvalue weighted by Gasteiger charge is -2.11. The molecular formula is C17H14Cl2N2O. The van der Waals surface area contributed by atoms with E-state index in [4.69, 9.17) is 27.9 Å². The first-order valence-electron chi connectivity index (χ1n) is 6.78. The lowest BCUT2D eigenvalue weighted by Crippen LogP contribution is -1.93. The van der Waals surface area contributed by atoms with Crippen LogP contribution in [0.3, 0.4) is 0 Å². The second-order valence-electron chi connectivity index (χ2n) is 4.92. The van der Waals surface area contributed by atoms with Gasteiger partial charge in [-0.2, -0.15) is 5.10 Å². The molecule has 0 aliphatic heterocycles. The second-order valence-corrected chi connectivity index (χ2v) is 5.74. The predicted octanol–water partition coefficient (Wildman–Crippen LogP) is 4.98. The Morgan fingerprint density at radius 1 is 1.05 bits per heavy atom. The number of hydrogen-bond donors (Lipinski definition) is 1. The fraction of sp³-hybridized carbons (Fsp3) is 0.118. The van der Waals surface area contributed by atoms with Crippen LogP contribution in [0.15, 0.2) is 48.7 Å². The molecule has 0 saturated carbocycles. The molecule has 0 bridgehead atoms. The van der Waals surface area contributed by atoms with Crippen LogP contribution >= 0.6 is 23.2 Å². The van der Waals surface area contributed by atoms with Gasteiger partial charge in [-0.15, -0.1) is 0 Å². The summed E-state index contributed by atoms with van der Waals surface area (Å²) in [5, 5.41) is 8.01. The molecule has 0 fully saturated rings. The smallest absolute Gasteiger partial charge is 0.126 e. The van der Waals surface area contributed by atoms with Crippen LogP contribution in [-0.4, -0.2) is 17.3 Å². The van der Waals surface area contributed by atoms with Crippen molar-refractivity contribution in [3.8, 4) is 16.9 Å². The van der Waals surface area contributed by atoms with Crippen LogP contribution < -0.4 is 4.74 Å². The third-order valence-corrected chi connectivity index (χ3v) is 4.19. The third kappa shape index (κ3) is 3.11. The van der Waals surface area contributed by atoms with Crippen molar-refractivity contribution in [3.05, 3.63) is 70.0 Å². The first kappa shape index (κ1) is 14.9. The maximum atomic E-state index is 6.13. The Kier molecular flexibility index (Phi) is 4.36. The highest BCUT2D eigenvalue weighted by Crippen LogP contribution is 2.34. The summed E-state index contributed by atoms with van der Waals surface area (Å²) < 4.78 is 5.46. The molecule has 1 aromatic heterocycles. The molecule has 1 N–H and O–H groups in total. The largest absolute Gasteiger partial charge is 0.496 e. The van der Waals surface area contributed by atoms with Gasteiger partial charge in [-0.1, -0.05) is 35.3 Å². The van der Waals surface area contributed by atoms with Crippen molar-refractivity contribution in [2.45, 2.75) is 6.42 Å². The highest BCUT2D eigenvalue weighted by molar-refractivity contribution is 6.42. The highest BCUT2D eigenvalue weighted by atomic mass is 35.5. The quantitative estimate of drug-likeness (QED) is 0.731. The maximum Gasteiger partial charge on any atom is 0.126 e. The zero-order valence-electron chi connectivity index (χ0n) is 11.9. The topological polar surface area (TPSA) is 37.9 Å². The molecule has 0 atom stereocenters. The minimum Gasteiger partial charge on any atom is -0.496 e. The van der Waals surface area contributed by atoms with E-state index in [2.05, 4.69) is 16.3 Å². The molecule has 0 aliphatic carbocycles. The van der Waals surface area contributed by atoms with Gasteiger partial charge in [0.2, 0.25) is 0 Å². The zero-order valence-corrected chi connectivity index (χ0v) is 13.4. The van der Waals surface area contributed by atoms with E-state index in [0.717, 1.165) is 34.6 Å². The first-order valence-corrected chi connectivity index (χ1v) is 7.53. The Balaban J connectivity index is 2.02. The molecule has 0 saturated heterocycles. The Morgan fingerprint density at radius 3 is 2.59 bits per heavy atom. The molecule has 22 heavy (non-hydrogen) atoms. The van der Waals surface area contributed by atoms with Crippen molar-refractivity contribution in [1.29, 1.82) is 0 Å². The molecule has 0 unspecified atom stereocenters. The molecule has 112 valence electrons. The van der Waals surface area contributed by atoms with E-state index in [1.165, 1.54) is 0 Å². The van der Waals surface area contributed by atoms with E-state index in [-0.39, 0.29) is 0 Å². The number of rotatable bonds is 4. The molecule has 0 spiro atoms. The molecule has 2 aromatic carbocycles. The minimum absolute atomic E-state index is 0.528. The monoisotopic (exact) mass is 332 g/mol. The number of aromatic nitrogens is 2. The van der Waals surface area contributed by atoms with Gasteiger partial charge in [0.15, 0.2) is 0 Å². The first-order chi connectivity index (χ1) is 10.7. The van der Waals surface area contributed by atoms with Crippen molar-refractivity contribution >= 4 is 23.2 Å². The number of hydrogen-bond acceptors (Lipinski definition) is 2. The summed E-state index contributed by atoms with van der Waals surface area (Å²) in [5.41, 5.74) is 4.17. The summed E-state index contributed by atoms with van der Waals surface area (Å²) in [6.45, 7) is 0. The van der Waals surface area contributed by atoms with Gasteiger partial charge in [0.1, 0.15) is 5.75 Å². The van der Waals surface area contributed by atoms with Gasteiger partial charge in [0, 0.05) is 23.9 Å². The van der Waals surface area contributed by atoms with Gasteiger partial charge in [0.25, 0.3) is 0 Å². The molecule has 0 aliphatic rings. The van der Waals surface area contributed by atoms with Crippen LogP contribution in [0, 0.1) is 0 Å². The summed E-state index contributed by atoms with van der Waals surface area (Å²) in [7, 11) is 1.66. The van der Waals surface area contributed by atoms with E-state index in [0.29, 0.717) is 10.0 Å². The van der Waals surface area contributed by atoms with Crippen molar-refractivity contribution < 1.29 is 4.74 Å². The van der Waals surface area contributed by atoms with Crippen LogP contribution in [-0.2, 0) is 6.42 Å². The average molecular weight is 333 g/mol. The number of methoxy groups -OCH3 is 1. The molecule has 1 heterocycles. The van der Waals surface area contributed by atoms with Crippen molar-refractivity contribution in [1.82, 2.24) is 10.2 Å². The van der Waals surface area contributed by atoms with Crippen LogP contribution in [0.2, 0.25) is 10.0 Å². The van der Waals surface area contributed by atoms with Crippen LogP contribution in [0.5, 0.6) is 5.75 Å². The van der Waals surface area contributed by atoms with Gasteiger partial charge >= 0.3 is 0 Å². The fourth-order valence-electron chi connectivity index (χ4n) is 2.36. The van der Waals surface area contributed by atoms with E-state index in [1.807, 2.05) is 30.3 Å². The standard InChI is InChI=1S/C17H14Cl2N2O/c1-22-17-5-2-11(8-13-6-7-20-21-13)9-14(17)12-3-4-15(18)16(19)10-12/h2-7,9-10H,8H2,1H3,(H,20,21). The Bertz CT molecular complexity index is 785. The summed E-state index contributed by atoms with van der Waals surface area (Å²) in [5.74, 6) is 0.798. The van der Waals surface area contributed by atoms with E-state index < -0.39 is 0 Å². The van der Waals surface area contributed by atoms with Crippen molar-refractivity contribution in [2.75, 3.05) is 7.11 Å². The second kappa shape index (κ2) is 6.42. The molecule has 0 amide bonds. The Labute approximate surface area is 138 Å². The summed E-state index contributed by atoms with van der Waals surface area (Å²) in [6, 6.07) is 13.6. The summed E-state index contributed by atoms with van der Waals surface area (Å²) in [6.07, 6.45) is 2.52. The number of nitrogens with zero attached hydrogens (tertiary/aromatic N) is 1. The number of nitrogens with one attached hydrogen (secondary N) is 1. The lowest BCUT2D eigenvalue weighted by molar-refractivity contribution is 0.416. The fourth-order valence-corrected chi connectivity index (χ4v) is 2.66. The molecule has 0 radical (unpaired) electrons. The molecule has 3 nitrogen and oxygen atoms in total. The number of halogens is 2. The van der Waals surface area contributed by atoms with Gasteiger partial charge in [0.05, 0.1) is 17.2 Å². The Hall–Kier alpha value is -1.97. The minimum atomic E-state index is 0.528. The normalized spacial score (nSPS) is 10.7.